The van der Waals surface area contributed by atoms with Crippen LogP contribution in [0.5, 0.6) is 11.5 Å². The number of rotatable bonds is 2. The highest BCUT2D eigenvalue weighted by Gasteiger charge is 2.67. The van der Waals surface area contributed by atoms with E-state index < -0.39 is 17.5 Å². The van der Waals surface area contributed by atoms with Gasteiger partial charge in [0.25, 0.3) is 0 Å². The Balaban J connectivity index is 1.50. The molecule has 0 amide bonds. The van der Waals surface area contributed by atoms with Crippen LogP contribution in [-0.4, -0.2) is 53.2 Å². The molecule has 1 aromatic carbocycles. The fourth-order valence-corrected chi connectivity index (χ4v) is 5.34. The summed E-state index contributed by atoms with van der Waals surface area (Å²) in [5.41, 5.74) is 1.03. The van der Waals surface area contributed by atoms with E-state index in [4.69, 9.17) is 19.2 Å². The maximum absolute atomic E-state index is 11.8. The summed E-state index contributed by atoms with van der Waals surface area (Å²) in [5.74, 6) is 0.0559. The first-order chi connectivity index (χ1) is 12.6. The molecule has 1 aromatic rings. The third-order valence-electron chi connectivity index (χ3n) is 6.84. The second-order valence-corrected chi connectivity index (χ2v) is 8.36. The van der Waals surface area contributed by atoms with Gasteiger partial charge in [-0.2, -0.15) is 0 Å². The zero-order valence-electron chi connectivity index (χ0n) is 14.6. The van der Waals surface area contributed by atoms with Crippen molar-refractivity contribution in [1.82, 2.24) is 0 Å². The van der Waals surface area contributed by atoms with Crippen molar-refractivity contribution in [3.63, 3.8) is 0 Å². The van der Waals surface area contributed by atoms with E-state index in [-0.39, 0.29) is 17.7 Å². The number of fused-ring (bicyclic) bond motifs is 1. The number of aromatic hydroxyl groups is 1. The fourth-order valence-electron chi connectivity index (χ4n) is 5.34. The monoisotopic (exact) mass is 357 g/mol. The van der Waals surface area contributed by atoms with E-state index in [0.29, 0.717) is 44.1 Å². The minimum Gasteiger partial charge on any atom is -0.504 e. The Labute approximate surface area is 151 Å². The molecule has 6 heteroatoms. The Morgan fingerprint density at radius 1 is 1.15 bits per heavy atom. The maximum Gasteiger partial charge on any atom is 0.206 e. The number of hydrogen-bond acceptors (Lipinski definition) is 6. The van der Waals surface area contributed by atoms with Gasteiger partial charge in [-0.15, -0.1) is 0 Å². The van der Waals surface area contributed by atoms with E-state index in [9.17, 15) is 10.2 Å². The molecular weight excluding hydrogens is 334 g/mol. The summed E-state index contributed by atoms with van der Waals surface area (Å²) in [5, 5.41) is 22.1. The van der Waals surface area contributed by atoms with E-state index in [1.54, 1.807) is 6.07 Å². The number of phenolic OH excluding ortho intramolecular Hbond substituents is 1. The van der Waals surface area contributed by atoms with Crippen LogP contribution < -0.4 is 4.74 Å². The van der Waals surface area contributed by atoms with Gasteiger partial charge in [-0.1, -0.05) is 6.07 Å². The quantitative estimate of drug-likeness (QED) is 0.791. The van der Waals surface area contributed by atoms with Gasteiger partial charge in [-0.25, -0.2) is 0 Å². The molecule has 2 aliphatic heterocycles. The normalized spacial score (nSPS) is 39.3. The van der Waals surface area contributed by atoms with Gasteiger partial charge in [-0.3, -0.25) is 4.99 Å². The SMILES string of the molecule is Oc1ccc2c3c1O[C@@H]1C3[C@@](O)(CCC13OCCO3)[C@H](N=CC1CC1)C2. The van der Waals surface area contributed by atoms with Gasteiger partial charge in [-0.05, 0) is 43.2 Å². The van der Waals surface area contributed by atoms with Gasteiger partial charge >= 0.3 is 0 Å². The smallest absolute Gasteiger partial charge is 0.206 e. The number of ether oxygens (including phenoxy) is 3. The maximum atomic E-state index is 11.8. The van der Waals surface area contributed by atoms with Crippen LogP contribution in [0.15, 0.2) is 17.1 Å². The van der Waals surface area contributed by atoms with Crippen molar-refractivity contribution >= 4 is 6.21 Å². The Hall–Kier alpha value is -1.63. The third kappa shape index (κ3) is 1.90. The van der Waals surface area contributed by atoms with E-state index in [2.05, 4.69) is 0 Å². The second-order valence-electron chi connectivity index (χ2n) is 8.36. The number of benzene rings is 1. The lowest BCUT2D eigenvalue weighted by atomic mass is 9.61. The minimum atomic E-state index is -0.997. The summed E-state index contributed by atoms with van der Waals surface area (Å²) < 4.78 is 18.2. The average molecular weight is 357 g/mol. The first-order valence-corrected chi connectivity index (χ1v) is 9.66. The van der Waals surface area contributed by atoms with Gasteiger partial charge in [0.15, 0.2) is 17.6 Å². The summed E-state index contributed by atoms with van der Waals surface area (Å²) in [6.07, 6.45) is 5.77. The Morgan fingerprint density at radius 2 is 1.96 bits per heavy atom. The van der Waals surface area contributed by atoms with Crippen molar-refractivity contribution in [3.8, 4) is 11.5 Å². The molecule has 3 aliphatic carbocycles. The van der Waals surface area contributed by atoms with Crippen LogP contribution in [0.2, 0.25) is 0 Å². The van der Waals surface area contributed by atoms with Crippen molar-refractivity contribution in [2.45, 2.75) is 61.6 Å². The van der Waals surface area contributed by atoms with E-state index in [0.717, 1.165) is 11.1 Å². The average Bonchev–Trinajstić information content (AvgIpc) is 3.16. The molecule has 0 bridgehead atoms. The summed E-state index contributed by atoms with van der Waals surface area (Å²) in [4.78, 5) is 4.82. The number of phenols is 1. The molecule has 2 N–H and O–H groups in total. The first kappa shape index (κ1) is 15.4. The molecule has 0 radical (unpaired) electrons. The zero-order chi connectivity index (χ0) is 17.5. The zero-order valence-corrected chi connectivity index (χ0v) is 14.6. The predicted molar refractivity (Wildman–Crippen MR) is 92.8 cm³/mol. The molecule has 138 valence electrons. The van der Waals surface area contributed by atoms with Crippen molar-refractivity contribution in [1.29, 1.82) is 0 Å². The highest BCUT2D eigenvalue weighted by atomic mass is 16.8. The highest BCUT2D eigenvalue weighted by molar-refractivity contribution is 5.65. The summed E-state index contributed by atoms with van der Waals surface area (Å²) >= 11 is 0. The van der Waals surface area contributed by atoms with Crippen LogP contribution in [0.4, 0.5) is 0 Å². The Morgan fingerprint density at radius 3 is 2.73 bits per heavy atom. The van der Waals surface area contributed by atoms with E-state index in [1.165, 1.54) is 12.8 Å². The highest BCUT2D eigenvalue weighted by Crippen LogP contribution is 2.61. The molecule has 0 aromatic heterocycles. The lowest BCUT2D eigenvalue weighted by Gasteiger charge is -2.52. The van der Waals surface area contributed by atoms with Gasteiger partial charge < -0.3 is 24.4 Å². The lowest BCUT2D eigenvalue weighted by molar-refractivity contribution is -0.257. The number of hydrogen-bond donors (Lipinski definition) is 2. The van der Waals surface area contributed by atoms with Crippen LogP contribution in [-0.2, 0) is 15.9 Å². The molecule has 5 aliphatic rings. The molecule has 3 fully saturated rings. The number of nitrogens with zero attached hydrogens (tertiary/aromatic N) is 1. The summed E-state index contributed by atoms with van der Waals surface area (Å²) in [7, 11) is 0. The van der Waals surface area contributed by atoms with Gasteiger partial charge in [0.05, 0.1) is 30.8 Å². The molecule has 1 spiro atoms. The van der Waals surface area contributed by atoms with Crippen molar-refractivity contribution < 1.29 is 24.4 Å². The van der Waals surface area contributed by atoms with Crippen molar-refractivity contribution in [2.75, 3.05) is 13.2 Å². The van der Waals surface area contributed by atoms with Crippen LogP contribution in [0, 0.1) is 5.92 Å². The van der Waals surface area contributed by atoms with E-state index >= 15 is 0 Å². The summed E-state index contributed by atoms with van der Waals surface area (Å²) in [6, 6.07) is 3.43. The molecule has 6 rings (SSSR count). The van der Waals surface area contributed by atoms with Crippen LogP contribution in [0.3, 0.4) is 0 Å². The fraction of sp³-hybridized carbons (Fsp3) is 0.650. The molecule has 1 saturated heterocycles. The molecule has 4 atom stereocenters. The third-order valence-corrected chi connectivity index (χ3v) is 6.84. The molecule has 6 nitrogen and oxygen atoms in total. The minimum absolute atomic E-state index is 0.119. The van der Waals surface area contributed by atoms with Crippen LogP contribution in [0.1, 0.15) is 42.7 Å². The largest absolute Gasteiger partial charge is 0.504 e. The Kier molecular flexibility index (Phi) is 2.97. The molecule has 26 heavy (non-hydrogen) atoms. The molecular formula is C20H23NO5. The first-order valence-electron chi connectivity index (χ1n) is 9.66. The molecule has 2 heterocycles. The second kappa shape index (κ2) is 5.00. The standard InChI is InChI=1S/C20H23NO5/c22-13-4-3-12-9-14(21-10-11-1-2-11)19(23)5-6-20(24-7-8-25-20)18-16(19)15(12)17(13)26-18/h3-4,10-11,14,16,18,22-23H,1-2,5-9H2/t14-,16?,18-,19-/m1/s1. The van der Waals surface area contributed by atoms with Crippen LogP contribution in [0.25, 0.3) is 0 Å². The number of aliphatic imine (C=N–C) groups is 1. The number of aliphatic hydroxyl groups is 1. The Bertz CT molecular complexity index is 798. The molecule has 1 unspecified atom stereocenters. The van der Waals surface area contributed by atoms with Crippen LogP contribution >= 0.6 is 0 Å². The summed E-state index contributed by atoms with van der Waals surface area (Å²) in [6.45, 7) is 1.06. The molecule has 2 saturated carbocycles. The van der Waals surface area contributed by atoms with Gasteiger partial charge in [0, 0.05) is 18.2 Å². The lowest BCUT2D eigenvalue weighted by Crippen LogP contribution is -2.64. The van der Waals surface area contributed by atoms with Crippen molar-refractivity contribution in [2.24, 2.45) is 10.9 Å². The predicted octanol–water partition coefficient (Wildman–Crippen LogP) is 1.91. The van der Waals surface area contributed by atoms with Gasteiger partial charge in [0.2, 0.25) is 5.79 Å². The van der Waals surface area contributed by atoms with Gasteiger partial charge in [0.1, 0.15) is 0 Å². The van der Waals surface area contributed by atoms with E-state index in [1.807, 2.05) is 12.3 Å². The topological polar surface area (TPSA) is 80.5 Å². The van der Waals surface area contributed by atoms with Crippen molar-refractivity contribution in [3.05, 3.63) is 23.3 Å².